The Bertz CT molecular complexity index is 308. The van der Waals surface area contributed by atoms with E-state index in [1.54, 1.807) is 7.11 Å². The Morgan fingerprint density at radius 3 is 2.77 bits per heavy atom. The summed E-state index contributed by atoms with van der Waals surface area (Å²) < 4.78 is 5.12. The summed E-state index contributed by atoms with van der Waals surface area (Å²) in [5.74, 6) is 0.808. The molecular weight excluding hydrogens is 164 g/mol. The number of ether oxygens (including phenoxy) is 1. The quantitative estimate of drug-likeness (QED) is 0.694. The normalized spacial score (nSPS) is 15.5. The second kappa shape index (κ2) is 3.17. The van der Waals surface area contributed by atoms with Crippen molar-refractivity contribution >= 4 is 11.4 Å². The van der Waals surface area contributed by atoms with Crippen LogP contribution in [0.3, 0.4) is 0 Å². The van der Waals surface area contributed by atoms with E-state index in [-0.39, 0.29) is 0 Å². The number of hydrogen-bond acceptors (Lipinski definition) is 3. The first-order valence-corrected chi connectivity index (χ1v) is 4.49. The minimum Gasteiger partial charge on any atom is -0.497 e. The van der Waals surface area contributed by atoms with Gasteiger partial charge in [0.15, 0.2) is 0 Å². The van der Waals surface area contributed by atoms with Crippen molar-refractivity contribution in [2.75, 3.05) is 18.2 Å². The van der Waals surface area contributed by atoms with Gasteiger partial charge in [0, 0.05) is 29.5 Å². The predicted molar refractivity (Wildman–Crippen MR) is 54.1 cm³/mol. The van der Waals surface area contributed by atoms with Crippen molar-refractivity contribution in [1.29, 1.82) is 0 Å². The van der Waals surface area contributed by atoms with E-state index in [2.05, 4.69) is 5.32 Å². The van der Waals surface area contributed by atoms with Crippen molar-refractivity contribution in [3.63, 3.8) is 0 Å². The molecule has 0 bridgehead atoms. The van der Waals surface area contributed by atoms with E-state index in [0.29, 0.717) is 6.04 Å². The highest BCUT2D eigenvalue weighted by Gasteiger charge is 2.20. The zero-order chi connectivity index (χ0) is 9.26. The number of anilines is 2. The maximum Gasteiger partial charge on any atom is 0.122 e. The van der Waals surface area contributed by atoms with Crippen LogP contribution in [0, 0.1) is 0 Å². The van der Waals surface area contributed by atoms with Gasteiger partial charge in [0.1, 0.15) is 5.75 Å². The highest BCUT2D eigenvalue weighted by molar-refractivity contribution is 5.59. The summed E-state index contributed by atoms with van der Waals surface area (Å²) in [7, 11) is 1.65. The second-order valence-electron chi connectivity index (χ2n) is 3.41. The Morgan fingerprint density at radius 1 is 1.38 bits per heavy atom. The van der Waals surface area contributed by atoms with Crippen LogP contribution in [0.2, 0.25) is 0 Å². The number of rotatable bonds is 3. The van der Waals surface area contributed by atoms with E-state index in [4.69, 9.17) is 10.5 Å². The molecule has 2 rings (SSSR count). The van der Waals surface area contributed by atoms with Crippen molar-refractivity contribution in [3.05, 3.63) is 18.2 Å². The summed E-state index contributed by atoms with van der Waals surface area (Å²) in [5.41, 5.74) is 7.50. The van der Waals surface area contributed by atoms with Gasteiger partial charge in [-0.2, -0.15) is 0 Å². The lowest BCUT2D eigenvalue weighted by Gasteiger charge is -2.07. The van der Waals surface area contributed by atoms with Crippen molar-refractivity contribution in [3.8, 4) is 5.75 Å². The molecule has 0 saturated heterocycles. The molecule has 1 saturated carbocycles. The maximum atomic E-state index is 5.71. The van der Waals surface area contributed by atoms with Crippen molar-refractivity contribution < 1.29 is 4.74 Å². The first-order chi connectivity index (χ1) is 6.28. The van der Waals surface area contributed by atoms with Gasteiger partial charge < -0.3 is 15.8 Å². The van der Waals surface area contributed by atoms with Crippen molar-refractivity contribution in [1.82, 2.24) is 0 Å². The first kappa shape index (κ1) is 8.23. The van der Waals surface area contributed by atoms with Gasteiger partial charge in [-0.3, -0.25) is 0 Å². The maximum absolute atomic E-state index is 5.71. The van der Waals surface area contributed by atoms with Crippen LogP contribution in [-0.4, -0.2) is 13.2 Å². The molecule has 13 heavy (non-hydrogen) atoms. The zero-order valence-electron chi connectivity index (χ0n) is 7.71. The summed E-state index contributed by atoms with van der Waals surface area (Å²) in [5, 5.41) is 3.37. The van der Waals surface area contributed by atoms with E-state index < -0.39 is 0 Å². The van der Waals surface area contributed by atoms with E-state index in [0.717, 1.165) is 17.1 Å². The molecule has 0 unspecified atom stereocenters. The van der Waals surface area contributed by atoms with Gasteiger partial charge in [0.05, 0.1) is 7.11 Å². The first-order valence-electron chi connectivity index (χ1n) is 4.49. The van der Waals surface area contributed by atoms with Gasteiger partial charge in [0.2, 0.25) is 0 Å². The van der Waals surface area contributed by atoms with Gasteiger partial charge in [-0.05, 0) is 18.9 Å². The largest absolute Gasteiger partial charge is 0.497 e. The van der Waals surface area contributed by atoms with Gasteiger partial charge in [0.25, 0.3) is 0 Å². The molecule has 1 fully saturated rings. The smallest absolute Gasteiger partial charge is 0.122 e. The number of nitrogen functional groups attached to an aromatic ring is 1. The fourth-order valence-corrected chi connectivity index (χ4v) is 1.29. The molecule has 0 atom stereocenters. The number of hydrogen-bond donors (Lipinski definition) is 2. The number of nitrogens with one attached hydrogen (secondary N) is 1. The highest BCUT2D eigenvalue weighted by atomic mass is 16.5. The van der Waals surface area contributed by atoms with Crippen LogP contribution in [0.4, 0.5) is 11.4 Å². The summed E-state index contributed by atoms with van der Waals surface area (Å²) in [6, 6.07) is 6.36. The Hall–Kier alpha value is -1.38. The molecule has 1 aromatic rings. The van der Waals surface area contributed by atoms with Crippen LogP contribution in [0.1, 0.15) is 12.8 Å². The molecule has 0 radical (unpaired) electrons. The average Bonchev–Trinajstić information content (AvgIpc) is 2.87. The average molecular weight is 178 g/mol. The number of benzene rings is 1. The number of methoxy groups -OCH3 is 1. The van der Waals surface area contributed by atoms with Crippen LogP contribution in [0.25, 0.3) is 0 Å². The molecule has 1 aliphatic carbocycles. The molecule has 70 valence electrons. The van der Waals surface area contributed by atoms with E-state index in [9.17, 15) is 0 Å². The van der Waals surface area contributed by atoms with E-state index in [1.165, 1.54) is 12.8 Å². The lowest BCUT2D eigenvalue weighted by molar-refractivity contribution is 0.415. The van der Waals surface area contributed by atoms with Gasteiger partial charge in [-0.15, -0.1) is 0 Å². The third-order valence-corrected chi connectivity index (χ3v) is 2.11. The van der Waals surface area contributed by atoms with Crippen LogP contribution in [0.15, 0.2) is 18.2 Å². The Morgan fingerprint density at radius 2 is 2.15 bits per heavy atom. The molecule has 1 aromatic carbocycles. The van der Waals surface area contributed by atoms with Crippen LogP contribution in [-0.2, 0) is 0 Å². The summed E-state index contributed by atoms with van der Waals surface area (Å²) in [4.78, 5) is 0. The van der Waals surface area contributed by atoms with Crippen molar-refractivity contribution in [2.24, 2.45) is 0 Å². The van der Waals surface area contributed by atoms with Gasteiger partial charge >= 0.3 is 0 Å². The van der Waals surface area contributed by atoms with E-state index >= 15 is 0 Å². The summed E-state index contributed by atoms with van der Waals surface area (Å²) in [6.45, 7) is 0. The highest BCUT2D eigenvalue weighted by Crippen LogP contribution is 2.28. The Kier molecular flexibility index (Phi) is 2.00. The molecule has 3 nitrogen and oxygen atoms in total. The van der Waals surface area contributed by atoms with Crippen LogP contribution >= 0.6 is 0 Å². The second-order valence-corrected chi connectivity index (χ2v) is 3.41. The monoisotopic (exact) mass is 178 g/mol. The molecule has 0 spiro atoms. The van der Waals surface area contributed by atoms with E-state index in [1.807, 2.05) is 18.2 Å². The molecule has 0 heterocycles. The molecule has 0 amide bonds. The fourth-order valence-electron chi connectivity index (χ4n) is 1.29. The third kappa shape index (κ3) is 2.05. The molecular formula is C10H14N2O. The number of nitrogens with two attached hydrogens (primary N) is 1. The minimum absolute atomic E-state index is 0.645. The molecule has 0 aromatic heterocycles. The van der Waals surface area contributed by atoms with Crippen LogP contribution in [0.5, 0.6) is 5.75 Å². The minimum atomic E-state index is 0.645. The fraction of sp³-hybridized carbons (Fsp3) is 0.400. The zero-order valence-corrected chi connectivity index (χ0v) is 7.71. The molecule has 1 aliphatic rings. The Balaban J connectivity index is 2.17. The van der Waals surface area contributed by atoms with Crippen LogP contribution < -0.4 is 15.8 Å². The lowest BCUT2D eigenvalue weighted by atomic mass is 10.2. The van der Waals surface area contributed by atoms with Crippen molar-refractivity contribution in [2.45, 2.75) is 18.9 Å². The van der Waals surface area contributed by atoms with Gasteiger partial charge in [-0.25, -0.2) is 0 Å². The molecule has 3 N–H and O–H groups in total. The SMILES string of the molecule is COc1cc(N)cc(NC2CC2)c1. The standard InChI is InChI=1S/C10H14N2O/c1-13-10-5-7(11)4-9(6-10)12-8-2-3-8/h4-6,8,12H,2-3,11H2,1H3. The summed E-state index contributed by atoms with van der Waals surface area (Å²) in [6.07, 6.45) is 2.52. The van der Waals surface area contributed by atoms with Gasteiger partial charge in [-0.1, -0.05) is 0 Å². The topological polar surface area (TPSA) is 47.3 Å². The third-order valence-electron chi connectivity index (χ3n) is 2.11. The predicted octanol–water partition coefficient (Wildman–Crippen LogP) is 1.85. The summed E-state index contributed by atoms with van der Waals surface area (Å²) >= 11 is 0. The molecule has 3 heteroatoms. The Labute approximate surface area is 77.9 Å². The molecule has 0 aliphatic heterocycles. The lowest BCUT2D eigenvalue weighted by Crippen LogP contribution is -2.01.